The summed E-state index contributed by atoms with van der Waals surface area (Å²) in [6.07, 6.45) is -17.3. The van der Waals surface area contributed by atoms with Gasteiger partial charge in [-0.25, -0.2) is 29.3 Å². The van der Waals surface area contributed by atoms with Crippen molar-refractivity contribution in [3.63, 3.8) is 0 Å². The number of phosphoric ester groups is 1. The molecule has 9 rings (SSSR count). The van der Waals surface area contributed by atoms with Crippen molar-refractivity contribution >= 4 is 74.0 Å². The molecule has 0 saturated carbocycles. The average Bonchev–Trinajstić information content (AvgIpc) is 1.63. The molecular weight excluding hydrogens is 1410 g/mol. The summed E-state index contributed by atoms with van der Waals surface area (Å²) in [4.78, 5) is 105. The van der Waals surface area contributed by atoms with Crippen LogP contribution in [0.5, 0.6) is 0 Å². The number of imidazole rings is 1. The van der Waals surface area contributed by atoms with Crippen LogP contribution in [0.1, 0.15) is 54.9 Å². The molecular formula is C53H77N13O27P3S2-3. The van der Waals surface area contributed by atoms with Crippen molar-refractivity contribution in [3.8, 4) is 0 Å². The molecule has 546 valence electrons. The lowest BCUT2D eigenvalue weighted by Crippen LogP contribution is -2.42. The normalized spacial score (nSPS) is 29.1. The lowest BCUT2D eigenvalue weighted by molar-refractivity contribution is -0.237. The van der Waals surface area contributed by atoms with Crippen LogP contribution in [-0.4, -0.2) is 228 Å². The molecule has 5 aromatic heterocycles. The summed E-state index contributed by atoms with van der Waals surface area (Å²) in [5.74, 6) is -0.144. The minimum Gasteiger partial charge on any atom is -0.780 e. The number of nitrogens with zero attached hydrogens (tertiary/aromatic N) is 9. The first-order chi connectivity index (χ1) is 46.6. The predicted molar refractivity (Wildman–Crippen MR) is 339 cm³/mol. The Morgan fingerprint density at radius 1 is 0.571 bits per heavy atom. The number of nitrogen functional groups attached to an aromatic ring is 3. The van der Waals surface area contributed by atoms with Gasteiger partial charge in [0.05, 0.1) is 85.1 Å². The monoisotopic (exact) mass is 1480 g/mol. The second-order valence-corrected chi connectivity index (χ2v) is 29.2. The van der Waals surface area contributed by atoms with Gasteiger partial charge in [0.15, 0.2) is 43.2 Å². The van der Waals surface area contributed by atoms with Crippen molar-refractivity contribution < 1.29 is 108 Å². The average molecular weight is 1490 g/mol. The summed E-state index contributed by atoms with van der Waals surface area (Å²) < 4.78 is 139. The molecule has 0 radical (unpaired) electrons. The third kappa shape index (κ3) is 18.2. The number of fused-ring (bicyclic) bond motifs is 1. The highest BCUT2D eigenvalue weighted by Gasteiger charge is 2.54. The van der Waals surface area contributed by atoms with Gasteiger partial charge in [0.2, 0.25) is 0 Å². The number of hydrogen-bond acceptors (Lipinski definition) is 37. The molecule has 0 aliphatic carbocycles. The van der Waals surface area contributed by atoms with Gasteiger partial charge in [0.1, 0.15) is 97.3 Å². The SMILES string of the molecule is CC[C@H]1O[C@@H](n2cnc3c(N)ncnc32)[C@@H](OCCOC)C1OP(=O)([O-])OC[C@H]1O[C@@H](n2cc(C)c(N)nc2=O)[C@@H](OCCOC)C1OP([O-])(=S)OC[C@H]1O[C@@H](n2cc(C)c(=O)[nH]c2=O)[C@@H](OCCOC)C1OP(=O)([S-])OC[C@H]1O[C@@H](n2cc(C)c(N)nc2=O)[C@@H](OCCOC)C1O. The Labute approximate surface area is 568 Å². The molecule has 8 N–H and O–H groups in total. The number of aromatic amines is 1. The van der Waals surface area contributed by atoms with Crippen LogP contribution < -0.4 is 49.6 Å². The van der Waals surface area contributed by atoms with E-state index in [1.54, 1.807) is 13.8 Å². The van der Waals surface area contributed by atoms with E-state index in [4.69, 9.17) is 125 Å². The van der Waals surface area contributed by atoms with Crippen LogP contribution in [0, 0.1) is 20.8 Å². The lowest BCUT2D eigenvalue weighted by Gasteiger charge is -2.36. The van der Waals surface area contributed by atoms with Gasteiger partial charge in [-0.2, -0.15) is 9.97 Å². The summed E-state index contributed by atoms with van der Waals surface area (Å²) >= 11 is 11.0. The number of H-pyrrole nitrogens is 1. The third-order valence-corrected chi connectivity index (χ3v) is 19.9. The van der Waals surface area contributed by atoms with Crippen LogP contribution in [0.25, 0.3) is 11.2 Å². The summed E-state index contributed by atoms with van der Waals surface area (Å²) in [5, 5.41) is 11.6. The van der Waals surface area contributed by atoms with Crippen molar-refractivity contribution in [1.29, 1.82) is 0 Å². The molecule has 19 atom stereocenters. The Bertz CT molecular complexity index is 3930. The van der Waals surface area contributed by atoms with Crippen molar-refractivity contribution in [2.75, 3.05) is 118 Å². The number of aromatic nitrogens is 10. The van der Waals surface area contributed by atoms with Gasteiger partial charge in [-0.05, 0) is 27.2 Å². The van der Waals surface area contributed by atoms with E-state index in [1.807, 2.05) is 0 Å². The Balaban J connectivity index is 1.00. The fraction of sp³-hybridized carbons (Fsp3) is 0.679. The molecule has 9 heterocycles. The zero-order chi connectivity index (χ0) is 71.0. The Morgan fingerprint density at radius 2 is 1.02 bits per heavy atom. The molecule has 40 nitrogen and oxygen atoms in total. The van der Waals surface area contributed by atoms with E-state index in [1.165, 1.54) is 71.9 Å². The predicted octanol–water partition coefficient (Wildman–Crippen LogP) is -2.04. The van der Waals surface area contributed by atoms with E-state index in [2.05, 4.69) is 29.9 Å². The third-order valence-electron chi connectivity index (χ3n) is 15.9. The van der Waals surface area contributed by atoms with Crippen molar-refractivity contribution in [2.45, 2.75) is 132 Å². The highest BCUT2D eigenvalue weighted by Crippen LogP contribution is 2.54. The molecule has 7 unspecified atom stereocenters. The minimum absolute atomic E-state index is 0.0148. The van der Waals surface area contributed by atoms with Gasteiger partial charge < -0.3 is 128 Å². The van der Waals surface area contributed by atoms with E-state index in [9.17, 15) is 38.3 Å². The number of aryl methyl sites for hydroxylation is 3. The molecule has 4 aliphatic heterocycles. The highest BCUT2D eigenvalue weighted by molar-refractivity contribution is 8.32. The Morgan fingerprint density at radius 3 is 1.56 bits per heavy atom. The summed E-state index contributed by atoms with van der Waals surface area (Å²) in [6, 6.07) is 0. The van der Waals surface area contributed by atoms with E-state index in [0.29, 0.717) is 5.56 Å². The molecule has 4 saturated heterocycles. The molecule has 0 bridgehead atoms. The van der Waals surface area contributed by atoms with E-state index < -0.39 is 162 Å². The second kappa shape index (κ2) is 33.9. The standard InChI is InChI=1S/C53H80N13O27P3S2/c1-9-29-35(39(81-15-11-77-6)50(87-29)66-25-59-33-44(56)57-24-58-45(33)66)91-94(72,73)84-22-31-36(40(82-16-12-78-7)48(89-31)64-19-27(3)43(55)61-52(64)70)92-96(75,98)86-23-32-37(41(83-17-13-79-8)49(90-32)65-20-28(4)46(68)62-53(65)71)93-95(74,97)85-21-30-34(67)38(80-14-10-76-5)47(88-30)63-18-26(2)42(54)60-51(63)69/h18-20,24-25,29-32,34-41,47-50,67H,9-17,21-23H2,1-8H3,(H,72,73)(H,74,97)(H,75,98)(H2,54,60,69)(H2,55,61,70)(H2,56,57,58)(H,62,68,71)/p-3/t29-,30-,31-,32-,34?,35?,36?,37?,38+,39+,40+,41+,47-,48-,49-,50-,95?,96?/m1/s1. The summed E-state index contributed by atoms with van der Waals surface area (Å²) in [6.45, 7) is -7.39. The van der Waals surface area contributed by atoms with Gasteiger partial charge >= 0.3 is 17.1 Å². The van der Waals surface area contributed by atoms with Gasteiger partial charge in [-0.3, -0.25) is 37.2 Å². The van der Waals surface area contributed by atoms with Gasteiger partial charge in [0.25, 0.3) is 13.4 Å². The summed E-state index contributed by atoms with van der Waals surface area (Å²) in [7, 11) is -0.0197. The highest BCUT2D eigenvalue weighted by atomic mass is 32.7. The maximum absolute atomic E-state index is 15.0. The van der Waals surface area contributed by atoms with Crippen LogP contribution in [0.15, 0.2) is 50.4 Å². The van der Waals surface area contributed by atoms with Crippen LogP contribution in [0.2, 0.25) is 0 Å². The minimum atomic E-state index is -5.59. The van der Waals surface area contributed by atoms with Crippen molar-refractivity contribution in [1.82, 2.24) is 48.2 Å². The number of phosphoric acid groups is 1. The maximum atomic E-state index is 15.0. The fourth-order valence-corrected chi connectivity index (χ4v) is 14.8. The molecule has 0 spiro atoms. The number of methoxy groups -OCH3 is 4. The zero-order valence-electron chi connectivity index (χ0n) is 54.1. The van der Waals surface area contributed by atoms with E-state index in [-0.39, 0.29) is 99.0 Å². The number of nitrogens with two attached hydrogens (primary N) is 3. The Kier molecular flexibility index (Phi) is 26.7. The Hall–Kier alpha value is -4.99. The van der Waals surface area contributed by atoms with E-state index in [0.717, 1.165) is 19.9 Å². The first kappa shape index (κ1) is 77.2. The van der Waals surface area contributed by atoms with Crippen molar-refractivity contribution in [3.05, 3.63) is 89.7 Å². The van der Waals surface area contributed by atoms with Crippen LogP contribution in [0.4, 0.5) is 17.5 Å². The van der Waals surface area contributed by atoms with Crippen LogP contribution in [0.3, 0.4) is 0 Å². The molecule has 4 aliphatic rings. The largest absolute Gasteiger partial charge is 0.780 e. The molecule has 5 aromatic rings. The number of ether oxygens (including phenoxy) is 12. The van der Waals surface area contributed by atoms with Gasteiger partial charge in [-0.1, -0.05) is 18.7 Å². The number of anilines is 3. The first-order valence-corrected chi connectivity index (χ1v) is 36.8. The quantitative estimate of drug-likeness (QED) is 0.0164. The van der Waals surface area contributed by atoms with Crippen molar-refractivity contribution in [2.24, 2.45) is 0 Å². The van der Waals surface area contributed by atoms with Gasteiger partial charge in [0, 0.05) is 63.7 Å². The molecule has 0 amide bonds. The number of aliphatic hydroxyl groups is 1. The van der Waals surface area contributed by atoms with Crippen LogP contribution in [-0.2, 0) is 117 Å². The fourth-order valence-electron chi connectivity index (χ4n) is 11.0. The molecule has 4 fully saturated rings. The van der Waals surface area contributed by atoms with Gasteiger partial charge in [-0.15, -0.1) is 0 Å². The first-order valence-electron chi connectivity index (χ1n) is 30.2. The molecule has 45 heteroatoms. The number of hydrogen-bond donors (Lipinski definition) is 5. The van der Waals surface area contributed by atoms with Crippen LogP contribution >= 0.6 is 21.3 Å². The second-order valence-electron chi connectivity index (χ2n) is 22.5. The lowest BCUT2D eigenvalue weighted by atomic mass is 10.1. The number of nitrogens with one attached hydrogen (secondary N) is 1. The molecule has 98 heavy (non-hydrogen) atoms. The zero-order valence-corrected chi connectivity index (χ0v) is 58.4. The topological polar surface area (TPSA) is 513 Å². The summed E-state index contributed by atoms with van der Waals surface area (Å²) in [5.41, 5.74) is 15.5. The maximum Gasteiger partial charge on any atom is 0.351 e. The number of aliphatic hydroxyl groups excluding tert-OH is 1. The smallest absolute Gasteiger partial charge is 0.351 e. The van der Waals surface area contributed by atoms with E-state index >= 15 is 4.89 Å². The number of rotatable bonds is 36. The molecule has 0 aromatic carbocycles.